The standard InChI is InChI=1S/C14H19N3S/c1-13(2)11(14(13,3)4)8-17-10-5-6-15-7-9(10)16-12(17)18/h5-7,11H,8H2,1-4H3,(H,16,18). The summed E-state index contributed by atoms with van der Waals surface area (Å²) >= 11 is 5.43. The molecule has 1 N–H and O–H groups in total. The van der Waals surface area contributed by atoms with E-state index < -0.39 is 0 Å². The number of nitrogens with one attached hydrogen (secondary N) is 1. The summed E-state index contributed by atoms with van der Waals surface area (Å²) in [4.78, 5) is 7.36. The molecule has 0 aliphatic heterocycles. The monoisotopic (exact) mass is 261 g/mol. The van der Waals surface area contributed by atoms with Crippen LogP contribution in [0.3, 0.4) is 0 Å². The van der Waals surface area contributed by atoms with Gasteiger partial charge in [-0.05, 0) is 35.0 Å². The Morgan fingerprint density at radius 2 is 2.00 bits per heavy atom. The van der Waals surface area contributed by atoms with Crippen molar-refractivity contribution in [3.05, 3.63) is 23.2 Å². The van der Waals surface area contributed by atoms with E-state index in [1.807, 2.05) is 18.5 Å². The lowest BCUT2D eigenvalue weighted by Crippen LogP contribution is -2.04. The molecule has 1 aliphatic carbocycles. The topological polar surface area (TPSA) is 33.6 Å². The predicted molar refractivity (Wildman–Crippen MR) is 76.0 cm³/mol. The fraction of sp³-hybridized carbons (Fsp3) is 0.571. The van der Waals surface area contributed by atoms with Crippen LogP contribution in [0.4, 0.5) is 0 Å². The maximum absolute atomic E-state index is 5.43. The van der Waals surface area contributed by atoms with Gasteiger partial charge >= 0.3 is 0 Å². The second-order valence-electron chi connectivity index (χ2n) is 6.43. The number of nitrogens with zero attached hydrogens (tertiary/aromatic N) is 2. The van der Waals surface area contributed by atoms with Crippen molar-refractivity contribution in [3.8, 4) is 0 Å². The average Bonchev–Trinajstić information content (AvgIpc) is 2.57. The van der Waals surface area contributed by atoms with Crippen molar-refractivity contribution < 1.29 is 0 Å². The van der Waals surface area contributed by atoms with Crippen LogP contribution in [0, 0.1) is 21.5 Å². The van der Waals surface area contributed by atoms with E-state index in [-0.39, 0.29) is 0 Å². The Hall–Kier alpha value is -1.16. The molecule has 1 aliphatic rings. The molecule has 1 saturated carbocycles. The Morgan fingerprint density at radius 3 is 2.61 bits per heavy atom. The van der Waals surface area contributed by atoms with E-state index in [2.05, 4.69) is 42.2 Å². The predicted octanol–water partition coefficient (Wildman–Crippen LogP) is 3.78. The van der Waals surface area contributed by atoms with Gasteiger partial charge in [-0.3, -0.25) is 4.98 Å². The first-order valence-corrected chi connectivity index (χ1v) is 6.79. The zero-order valence-electron chi connectivity index (χ0n) is 11.3. The number of rotatable bonds is 2. The van der Waals surface area contributed by atoms with Crippen LogP contribution < -0.4 is 0 Å². The Labute approximate surface area is 112 Å². The summed E-state index contributed by atoms with van der Waals surface area (Å²) in [6.45, 7) is 10.4. The van der Waals surface area contributed by atoms with Crippen LogP contribution in [0.15, 0.2) is 18.5 Å². The van der Waals surface area contributed by atoms with Crippen molar-refractivity contribution in [2.75, 3.05) is 0 Å². The minimum Gasteiger partial charge on any atom is -0.329 e. The highest BCUT2D eigenvalue weighted by molar-refractivity contribution is 7.71. The number of imidazole rings is 1. The number of H-pyrrole nitrogens is 1. The summed E-state index contributed by atoms with van der Waals surface area (Å²) in [5.74, 6) is 0.670. The van der Waals surface area contributed by atoms with Crippen LogP contribution in [0.5, 0.6) is 0 Å². The van der Waals surface area contributed by atoms with Gasteiger partial charge in [0, 0.05) is 12.7 Å². The molecule has 18 heavy (non-hydrogen) atoms. The number of hydrogen-bond acceptors (Lipinski definition) is 2. The molecule has 3 nitrogen and oxygen atoms in total. The summed E-state index contributed by atoms with van der Waals surface area (Å²) in [6, 6.07) is 2.03. The highest BCUT2D eigenvalue weighted by Crippen LogP contribution is 2.68. The fourth-order valence-corrected chi connectivity index (χ4v) is 3.45. The zero-order valence-corrected chi connectivity index (χ0v) is 12.1. The molecule has 2 aromatic heterocycles. The molecule has 4 heteroatoms. The first kappa shape index (κ1) is 11.9. The summed E-state index contributed by atoms with van der Waals surface area (Å²) < 4.78 is 3.02. The van der Waals surface area contributed by atoms with Gasteiger partial charge in [0.25, 0.3) is 0 Å². The second-order valence-corrected chi connectivity index (χ2v) is 6.82. The lowest BCUT2D eigenvalue weighted by molar-refractivity contribution is 0.457. The van der Waals surface area contributed by atoms with Crippen molar-refractivity contribution in [1.82, 2.24) is 14.5 Å². The van der Waals surface area contributed by atoms with Crippen molar-refractivity contribution >= 4 is 23.3 Å². The van der Waals surface area contributed by atoms with Gasteiger partial charge in [-0.2, -0.15) is 0 Å². The molecule has 2 aromatic rings. The van der Waals surface area contributed by atoms with Gasteiger partial charge in [0.1, 0.15) is 0 Å². The molecule has 0 aromatic carbocycles. The molecular weight excluding hydrogens is 242 g/mol. The van der Waals surface area contributed by atoms with E-state index in [9.17, 15) is 0 Å². The number of pyridine rings is 1. The smallest absolute Gasteiger partial charge is 0.178 e. The van der Waals surface area contributed by atoms with E-state index in [1.165, 1.54) is 0 Å². The third-order valence-electron chi connectivity index (χ3n) is 5.26. The normalized spacial score (nSPS) is 21.3. The lowest BCUT2D eigenvalue weighted by atomic mass is 10.0. The Morgan fingerprint density at radius 1 is 1.33 bits per heavy atom. The first-order valence-electron chi connectivity index (χ1n) is 6.38. The van der Waals surface area contributed by atoms with Crippen LogP contribution >= 0.6 is 12.2 Å². The van der Waals surface area contributed by atoms with Crippen LogP contribution in [0.1, 0.15) is 27.7 Å². The highest BCUT2D eigenvalue weighted by Gasteiger charge is 2.64. The Kier molecular flexibility index (Phi) is 2.28. The lowest BCUT2D eigenvalue weighted by Gasteiger charge is -2.05. The third-order valence-corrected chi connectivity index (χ3v) is 5.58. The van der Waals surface area contributed by atoms with Gasteiger partial charge in [-0.25, -0.2) is 0 Å². The second kappa shape index (κ2) is 3.44. The molecular formula is C14H19N3S. The molecule has 0 spiro atoms. The van der Waals surface area contributed by atoms with Gasteiger partial charge in [0.05, 0.1) is 17.2 Å². The van der Waals surface area contributed by atoms with E-state index in [1.54, 1.807) is 0 Å². The summed E-state index contributed by atoms with van der Waals surface area (Å²) in [5.41, 5.74) is 2.96. The average molecular weight is 261 g/mol. The summed E-state index contributed by atoms with van der Waals surface area (Å²) in [7, 11) is 0. The van der Waals surface area contributed by atoms with Crippen molar-refractivity contribution in [1.29, 1.82) is 0 Å². The molecule has 0 atom stereocenters. The fourth-order valence-electron chi connectivity index (χ4n) is 3.16. The largest absolute Gasteiger partial charge is 0.329 e. The molecule has 3 rings (SSSR count). The van der Waals surface area contributed by atoms with Crippen molar-refractivity contribution in [2.24, 2.45) is 16.7 Å². The summed E-state index contributed by atoms with van der Waals surface area (Å²) in [6.07, 6.45) is 3.66. The van der Waals surface area contributed by atoms with Gasteiger partial charge < -0.3 is 9.55 Å². The van der Waals surface area contributed by atoms with Crippen LogP contribution in [-0.4, -0.2) is 14.5 Å². The minimum absolute atomic E-state index is 0.387. The molecule has 0 bridgehead atoms. The maximum Gasteiger partial charge on any atom is 0.178 e. The molecule has 0 saturated heterocycles. The Balaban J connectivity index is 2.02. The molecule has 96 valence electrons. The number of fused-ring (bicyclic) bond motifs is 1. The molecule has 1 fully saturated rings. The van der Waals surface area contributed by atoms with Crippen LogP contribution in [0.2, 0.25) is 0 Å². The molecule has 0 radical (unpaired) electrons. The van der Waals surface area contributed by atoms with Gasteiger partial charge in [0.15, 0.2) is 4.77 Å². The van der Waals surface area contributed by atoms with Crippen LogP contribution in [-0.2, 0) is 6.54 Å². The zero-order chi connectivity index (χ0) is 13.1. The number of aromatic nitrogens is 3. The highest BCUT2D eigenvalue weighted by atomic mass is 32.1. The number of aromatic amines is 1. The van der Waals surface area contributed by atoms with E-state index in [0.29, 0.717) is 16.7 Å². The van der Waals surface area contributed by atoms with E-state index >= 15 is 0 Å². The van der Waals surface area contributed by atoms with E-state index in [0.717, 1.165) is 22.3 Å². The van der Waals surface area contributed by atoms with Crippen LogP contribution in [0.25, 0.3) is 11.0 Å². The Bertz CT molecular complexity index is 649. The summed E-state index contributed by atoms with van der Waals surface area (Å²) in [5, 5.41) is 0. The maximum atomic E-state index is 5.43. The van der Waals surface area contributed by atoms with Gasteiger partial charge in [0.2, 0.25) is 0 Å². The first-order chi connectivity index (χ1) is 8.35. The minimum atomic E-state index is 0.387. The van der Waals surface area contributed by atoms with Crippen molar-refractivity contribution in [2.45, 2.75) is 34.2 Å². The van der Waals surface area contributed by atoms with Crippen molar-refractivity contribution in [3.63, 3.8) is 0 Å². The third kappa shape index (κ3) is 1.41. The number of hydrogen-bond donors (Lipinski definition) is 1. The molecule has 0 amide bonds. The SMILES string of the molecule is CC1(C)C(Cn2c(=S)[nH]c3cnccc32)C1(C)C. The quantitative estimate of drug-likeness (QED) is 0.835. The van der Waals surface area contributed by atoms with E-state index in [4.69, 9.17) is 12.2 Å². The molecule has 2 heterocycles. The van der Waals surface area contributed by atoms with Gasteiger partial charge in [-0.1, -0.05) is 27.7 Å². The molecule has 0 unspecified atom stereocenters. The van der Waals surface area contributed by atoms with Gasteiger partial charge in [-0.15, -0.1) is 0 Å².